The second kappa shape index (κ2) is 10.5. The first-order chi connectivity index (χ1) is 16.8. The van der Waals surface area contributed by atoms with Gasteiger partial charge in [-0.15, -0.1) is 0 Å². The largest absolute Gasteiger partial charge is 0.424 e. The molecule has 0 radical (unpaired) electrons. The molecule has 4 N–H and O–H groups in total. The Morgan fingerprint density at radius 1 is 1.03 bits per heavy atom. The van der Waals surface area contributed by atoms with Gasteiger partial charge < -0.3 is 21.1 Å². The van der Waals surface area contributed by atoms with Gasteiger partial charge in [-0.1, -0.05) is 23.7 Å². The number of nitrogens with two attached hydrogens (primary N) is 1. The number of halogens is 2. The van der Waals surface area contributed by atoms with Gasteiger partial charge >= 0.3 is 12.0 Å². The van der Waals surface area contributed by atoms with E-state index in [0.717, 1.165) is 6.20 Å². The Morgan fingerprint density at radius 3 is 2.43 bits per heavy atom. The van der Waals surface area contributed by atoms with Crippen LogP contribution in [0.25, 0.3) is 11.1 Å². The van der Waals surface area contributed by atoms with Crippen LogP contribution in [-0.2, 0) is 10.8 Å². The molecule has 9 nitrogen and oxygen atoms in total. The third-order valence-corrected chi connectivity index (χ3v) is 5.86. The number of benzene rings is 2. The molecule has 0 bridgehead atoms. The molecule has 2 heterocycles. The highest BCUT2D eigenvalue weighted by Gasteiger charge is 2.12. The molecule has 35 heavy (non-hydrogen) atoms. The van der Waals surface area contributed by atoms with Crippen LogP contribution in [0.2, 0.25) is 5.02 Å². The summed E-state index contributed by atoms with van der Waals surface area (Å²) in [6, 6.07) is 12.2. The fourth-order valence-electron chi connectivity index (χ4n) is 3.06. The van der Waals surface area contributed by atoms with Gasteiger partial charge in [-0.3, -0.25) is 4.21 Å². The lowest BCUT2D eigenvalue weighted by Gasteiger charge is -2.11. The van der Waals surface area contributed by atoms with Gasteiger partial charge in [-0.05, 0) is 42.0 Å². The lowest BCUT2D eigenvalue weighted by Crippen LogP contribution is -2.20. The summed E-state index contributed by atoms with van der Waals surface area (Å²) in [6.45, 7) is 0. The highest BCUT2D eigenvalue weighted by atomic mass is 35.5. The normalized spacial score (nSPS) is 11.5. The molecule has 0 spiro atoms. The number of nitrogen functional groups attached to an aromatic ring is 1. The van der Waals surface area contributed by atoms with Crippen molar-refractivity contribution in [2.75, 3.05) is 22.6 Å². The predicted molar refractivity (Wildman–Crippen MR) is 133 cm³/mol. The van der Waals surface area contributed by atoms with E-state index in [2.05, 4.69) is 25.6 Å². The van der Waals surface area contributed by atoms with Crippen molar-refractivity contribution in [3.05, 3.63) is 78.0 Å². The molecular weight excluding hydrogens is 495 g/mol. The molecule has 4 rings (SSSR count). The maximum absolute atomic E-state index is 13.5. The number of ether oxygens (including phenoxy) is 1. The van der Waals surface area contributed by atoms with E-state index in [1.165, 1.54) is 30.8 Å². The van der Waals surface area contributed by atoms with Gasteiger partial charge in [0.25, 0.3) is 0 Å². The van der Waals surface area contributed by atoms with Crippen LogP contribution in [0.3, 0.4) is 0 Å². The topological polar surface area (TPSA) is 132 Å². The molecule has 4 aromatic rings. The molecule has 0 aliphatic carbocycles. The summed E-state index contributed by atoms with van der Waals surface area (Å²) in [7, 11) is -1.32. The van der Waals surface area contributed by atoms with Crippen molar-refractivity contribution in [3.63, 3.8) is 0 Å². The fourth-order valence-corrected chi connectivity index (χ4v) is 3.91. The molecule has 2 aromatic heterocycles. The van der Waals surface area contributed by atoms with E-state index < -0.39 is 22.6 Å². The van der Waals surface area contributed by atoms with Crippen molar-refractivity contribution >= 4 is 45.6 Å². The number of nitrogens with one attached hydrogen (secondary N) is 2. The number of hydrogen-bond acceptors (Lipinski definition) is 7. The highest BCUT2D eigenvalue weighted by molar-refractivity contribution is 7.84. The molecule has 0 saturated carbocycles. The van der Waals surface area contributed by atoms with Crippen LogP contribution >= 0.6 is 11.6 Å². The van der Waals surface area contributed by atoms with Crippen molar-refractivity contribution in [2.24, 2.45) is 0 Å². The summed E-state index contributed by atoms with van der Waals surface area (Å²) in [5.74, 6) is 0.167. The number of pyridine rings is 1. The van der Waals surface area contributed by atoms with E-state index in [-0.39, 0.29) is 11.8 Å². The van der Waals surface area contributed by atoms with Crippen molar-refractivity contribution in [3.8, 4) is 22.9 Å². The summed E-state index contributed by atoms with van der Waals surface area (Å²) in [4.78, 5) is 24.7. The van der Waals surface area contributed by atoms with Gasteiger partial charge in [0, 0.05) is 16.8 Å². The zero-order valence-electron chi connectivity index (χ0n) is 18.2. The first-order valence-corrected chi connectivity index (χ1v) is 11.9. The zero-order chi connectivity index (χ0) is 24.9. The smallest absolute Gasteiger partial charge is 0.323 e. The Kier molecular flexibility index (Phi) is 7.18. The highest BCUT2D eigenvalue weighted by Crippen LogP contribution is 2.28. The minimum absolute atomic E-state index is 0.0501. The maximum atomic E-state index is 13.5. The molecule has 1 atom stereocenters. The molecular formula is C23H18ClFN6O3S. The minimum Gasteiger partial charge on any atom is -0.424 e. The van der Waals surface area contributed by atoms with Crippen molar-refractivity contribution in [1.82, 2.24) is 15.0 Å². The average Bonchev–Trinajstić information content (AvgIpc) is 2.82. The predicted octanol–water partition coefficient (Wildman–Crippen LogP) is 5.09. The van der Waals surface area contributed by atoms with Gasteiger partial charge in [0.2, 0.25) is 0 Å². The Bertz CT molecular complexity index is 1400. The van der Waals surface area contributed by atoms with E-state index in [1.807, 2.05) is 0 Å². The Morgan fingerprint density at radius 2 is 1.74 bits per heavy atom. The molecule has 0 aliphatic rings. The molecule has 2 aromatic carbocycles. The zero-order valence-corrected chi connectivity index (χ0v) is 19.7. The van der Waals surface area contributed by atoms with E-state index >= 15 is 0 Å². The van der Waals surface area contributed by atoms with Gasteiger partial charge in [-0.2, -0.15) is 0 Å². The summed E-state index contributed by atoms with van der Waals surface area (Å²) >= 11 is 5.97. The van der Waals surface area contributed by atoms with Gasteiger partial charge in [0.05, 0.1) is 45.7 Å². The lowest BCUT2D eigenvalue weighted by molar-refractivity contribution is 0.262. The van der Waals surface area contributed by atoms with Gasteiger partial charge in [0.15, 0.2) is 0 Å². The SMILES string of the molecule is CS(=O)c1ccc(Cl)cc1NC(=O)Nc1cnc(Oc2ccc(-c3cc(F)cnc3N)cc2)nc1. The average molecular weight is 513 g/mol. The molecule has 1 unspecified atom stereocenters. The van der Waals surface area contributed by atoms with E-state index in [1.54, 1.807) is 36.4 Å². The summed E-state index contributed by atoms with van der Waals surface area (Å²) < 4.78 is 31.0. The Balaban J connectivity index is 1.39. The van der Waals surface area contributed by atoms with Gasteiger partial charge in [-0.25, -0.2) is 24.1 Å². The second-order valence-corrected chi connectivity index (χ2v) is 8.93. The quantitative estimate of drug-likeness (QED) is 0.328. The van der Waals surface area contributed by atoms with Crippen LogP contribution in [0.15, 0.2) is 72.0 Å². The molecule has 2 amide bonds. The first-order valence-electron chi connectivity index (χ1n) is 10.0. The number of hydrogen-bond donors (Lipinski definition) is 3. The van der Waals surface area contributed by atoms with Crippen molar-refractivity contribution < 1.29 is 18.1 Å². The van der Waals surface area contributed by atoms with Crippen molar-refractivity contribution in [1.29, 1.82) is 0 Å². The standard InChI is InChI=1S/C23H18ClFN6O3S/c1-35(33)20-7-4-14(24)8-19(20)31-22(32)30-16-11-28-23(29-12-16)34-17-5-2-13(3-6-17)18-9-15(25)10-27-21(18)26/h2-12H,1H3,(H2,26,27)(H2,30,31,32). The lowest BCUT2D eigenvalue weighted by atomic mass is 10.1. The Labute approximate surface area is 207 Å². The van der Waals surface area contributed by atoms with Crippen LogP contribution in [0.4, 0.5) is 26.4 Å². The molecule has 178 valence electrons. The molecule has 0 saturated heterocycles. The number of carbonyl (C=O) groups is 1. The molecule has 0 aliphatic heterocycles. The summed E-state index contributed by atoms with van der Waals surface area (Å²) in [5.41, 5.74) is 7.59. The van der Waals surface area contributed by atoms with E-state index in [4.69, 9.17) is 22.1 Å². The number of rotatable bonds is 6. The van der Waals surface area contributed by atoms with Crippen LogP contribution in [-0.4, -0.2) is 31.4 Å². The van der Waals surface area contributed by atoms with Gasteiger partial charge in [0.1, 0.15) is 17.4 Å². The second-order valence-electron chi connectivity index (χ2n) is 7.14. The Hall–Kier alpha value is -4.09. The first kappa shape index (κ1) is 24.0. The van der Waals surface area contributed by atoms with Crippen LogP contribution in [0.1, 0.15) is 0 Å². The third kappa shape index (κ3) is 6.08. The van der Waals surface area contributed by atoms with E-state index in [9.17, 15) is 13.4 Å². The number of aromatic nitrogens is 3. The monoisotopic (exact) mass is 512 g/mol. The van der Waals surface area contributed by atoms with Crippen LogP contribution < -0.4 is 21.1 Å². The number of carbonyl (C=O) groups excluding carboxylic acids is 1. The number of anilines is 3. The van der Waals surface area contributed by atoms with Crippen LogP contribution in [0, 0.1) is 5.82 Å². The number of nitrogens with zero attached hydrogens (tertiary/aromatic N) is 3. The maximum Gasteiger partial charge on any atom is 0.323 e. The van der Waals surface area contributed by atoms with Crippen molar-refractivity contribution in [2.45, 2.75) is 4.90 Å². The molecule has 0 fully saturated rings. The number of amides is 2. The van der Waals surface area contributed by atoms with E-state index in [0.29, 0.717) is 38.2 Å². The summed E-state index contributed by atoms with van der Waals surface area (Å²) in [6.07, 6.45) is 5.29. The fraction of sp³-hybridized carbons (Fsp3) is 0.0435. The summed E-state index contributed by atoms with van der Waals surface area (Å²) in [5, 5.41) is 5.58. The number of urea groups is 1. The molecule has 12 heteroatoms. The van der Waals surface area contributed by atoms with Crippen LogP contribution in [0.5, 0.6) is 11.8 Å². The third-order valence-electron chi connectivity index (χ3n) is 4.65. The minimum atomic E-state index is -1.32.